The number of amides is 1. The Morgan fingerprint density at radius 1 is 0.316 bits per heavy atom. The monoisotopic (exact) mass is 1090 g/mol. The van der Waals surface area contributed by atoms with Crippen LogP contribution in [-0.4, -0.2) is 34.9 Å². The zero-order valence-corrected chi connectivity index (χ0v) is 51.8. The lowest BCUT2D eigenvalue weighted by Crippen LogP contribution is -2.45. The van der Waals surface area contributed by atoms with Crippen LogP contribution in [-0.2, 0) is 4.79 Å². The summed E-state index contributed by atoms with van der Waals surface area (Å²) in [5, 5.41) is 23.3. The van der Waals surface area contributed by atoms with Crippen LogP contribution >= 0.6 is 0 Å². The summed E-state index contributed by atoms with van der Waals surface area (Å²) in [6, 6.07) is -0.645. The Morgan fingerprint density at radius 2 is 0.557 bits per heavy atom. The lowest BCUT2D eigenvalue weighted by molar-refractivity contribution is -0.123. The van der Waals surface area contributed by atoms with Gasteiger partial charge in [0.15, 0.2) is 0 Å². The van der Waals surface area contributed by atoms with Gasteiger partial charge < -0.3 is 15.5 Å². The maximum atomic E-state index is 12.5. The molecule has 0 rings (SSSR count). The molecule has 79 heavy (non-hydrogen) atoms. The number of hydrogen-bond acceptors (Lipinski definition) is 3. The second-order valence-electron chi connectivity index (χ2n) is 22.2. The van der Waals surface area contributed by atoms with E-state index in [9.17, 15) is 15.0 Å². The van der Waals surface area contributed by atoms with Crippen molar-refractivity contribution in [1.29, 1.82) is 0 Å². The molecule has 0 saturated heterocycles. The van der Waals surface area contributed by atoms with Crippen molar-refractivity contribution in [3.05, 3.63) is 146 Å². The predicted octanol–water partition coefficient (Wildman–Crippen LogP) is 23.1. The summed E-state index contributed by atoms with van der Waals surface area (Å²) in [6.45, 7) is 4.20. The van der Waals surface area contributed by atoms with E-state index in [1.807, 2.05) is 6.08 Å². The van der Waals surface area contributed by atoms with Gasteiger partial charge in [0.2, 0.25) is 5.91 Å². The van der Waals surface area contributed by atoms with Crippen LogP contribution in [0.5, 0.6) is 0 Å². The molecule has 0 radical (unpaired) electrons. The first-order valence-electron chi connectivity index (χ1n) is 33.5. The van der Waals surface area contributed by atoms with Gasteiger partial charge in [-0.3, -0.25) is 4.79 Å². The molecular formula is C75H127NO3. The van der Waals surface area contributed by atoms with E-state index in [0.717, 1.165) is 109 Å². The van der Waals surface area contributed by atoms with Crippen molar-refractivity contribution in [2.45, 2.75) is 315 Å². The third-order valence-electron chi connectivity index (χ3n) is 14.6. The van der Waals surface area contributed by atoms with Crippen molar-refractivity contribution in [3.63, 3.8) is 0 Å². The second kappa shape index (κ2) is 68.5. The van der Waals surface area contributed by atoms with Gasteiger partial charge in [-0.05, 0) is 103 Å². The summed E-state index contributed by atoms with van der Waals surface area (Å²) in [6.07, 6.45) is 108. The molecule has 0 aromatic carbocycles. The molecule has 4 heteroatoms. The third kappa shape index (κ3) is 65.0. The van der Waals surface area contributed by atoms with Gasteiger partial charge >= 0.3 is 0 Å². The van der Waals surface area contributed by atoms with Crippen molar-refractivity contribution in [2.75, 3.05) is 6.61 Å². The van der Waals surface area contributed by atoms with Crippen LogP contribution in [0.2, 0.25) is 0 Å². The van der Waals surface area contributed by atoms with Gasteiger partial charge in [-0.1, -0.05) is 339 Å². The number of rotatable bonds is 60. The molecule has 0 aliphatic carbocycles. The number of hydrogen-bond donors (Lipinski definition) is 3. The average Bonchev–Trinajstić information content (AvgIpc) is 3.45. The summed E-state index contributed by atoms with van der Waals surface area (Å²) >= 11 is 0. The van der Waals surface area contributed by atoms with Gasteiger partial charge in [0.1, 0.15) is 0 Å². The Labute approximate surface area is 491 Å². The summed E-state index contributed by atoms with van der Waals surface area (Å²) < 4.78 is 0. The molecule has 0 saturated carbocycles. The smallest absolute Gasteiger partial charge is 0.220 e. The Bertz CT molecular complexity index is 1620. The van der Waals surface area contributed by atoms with Crippen molar-refractivity contribution < 1.29 is 15.0 Å². The van der Waals surface area contributed by atoms with Gasteiger partial charge in [0.25, 0.3) is 0 Å². The van der Waals surface area contributed by atoms with Crippen LogP contribution in [0.3, 0.4) is 0 Å². The minimum Gasteiger partial charge on any atom is -0.394 e. The molecule has 2 atom stereocenters. The molecule has 2 unspecified atom stereocenters. The fraction of sp³-hybridized carbons (Fsp3) is 0.667. The van der Waals surface area contributed by atoms with E-state index < -0.39 is 12.1 Å². The highest BCUT2D eigenvalue weighted by atomic mass is 16.3. The number of nitrogens with one attached hydrogen (secondary N) is 1. The van der Waals surface area contributed by atoms with Crippen molar-refractivity contribution in [1.82, 2.24) is 5.32 Å². The molecule has 0 aromatic heterocycles. The van der Waals surface area contributed by atoms with Crippen molar-refractivity contribution in [3.8, 4) is 0 Å². The predicted molar refractivity (Wildman–Crippen MR) is 354 cm³/mol. The number of aliphatic hydroxyl groups is 2. The maximum absolute atomic E-state index is 12.5. The molecule has 0 aromatic rings. The summed E-state index contributed by atoms with van der Waals surface area (Å²) in [5.41, 5.74) is 0. The van der Waals surface area contributed by atoms with E-state index in [-0.39, 0.29) is 12.5 Å². The molecule has 0 fully saturated rings. The van der Waals surface area contributed by atoms with E-state index in [4.69, 9.17) is 0 Å². The van der Waals surface area contributed by atoms with Crippen LogP contribution in [0.15, 0.2) is 146 Å². The zero-order chi connectivity index (χ0) is 56.9. The van der Waals surface area contributed by atoms with Crippen LogP contribution in [0.25, 0.3) is 0 Å². The first kappa shape index (κ1) is 75.3. The SMILES string of the molecule is CC/C=C\C/C=C\C/C=C\C/C=C\C/C=C\C/C=C\C/C=C\C/C=C\C/C=C\C/C=C\C/C=C\CCCCCCCC(=O)NC(CO)C(O)/C=C/CCCCCCCCCCCCCCCCCCCCCCCCCCCC. The molecule has 0 aliphatic rings. The topological polar surface area (TPSA) is 69.6 Å². The van der Waals surface area contributed by atoms with Crippen LogP contribution in [0.1, 0.15) is 303 Å². The van der Waals surface area contributed by atoms with Crippen molar-refractivity contribution in [2.24, 2.45) is 0 Å². The quantitative estimate of drug-likeness (QED) is 0.0420. The molecule has 450 valence electrons. The molecular weight excluding hydrogens is 963 g/mol. The minimum atomic E-state index is -0.860. The van der Waals surface area contributed by atoms with Gasteiger partial charge in [-0.25, -0.2) is 0 Å². The molecule has 0 spiro atoms. The van der Waals surface area contributed by atoms with Gasteiger partial charge in [-0.2, -0.15) is 0 Å². The average molecular weight is 1090 g/mol. The molecule has 0 aliphatic heterocycles. The van der Waals surface area contributed by atoms with E-state index in [2.05, 4.69) is 153 Å². The second-order valence-corrected chi connectivity index (χ2v) is 22.2. The van der Waals surface area contributed by atoms with Crippen LogP contribution in [0.4, 0.5) is 0 Å². The Hall–Kier alpha value is -3.73. The summed E-state index contributed by atoms with van der Waals surface area (Å²) in [5.74, 6) is -0.0856. The molecule has 0 bridgehead atoms. The third-order valence-corrected chi connectivity index (χ3v) is 14.6. The largest absolute Gasteiger partial charge is 0.394 e. The van der Waals surface area contributed by atoms with E-state index >= 15 is 0 Å². The van der Waals surface area contributed by atoms with Crippen LogP contribution in [0, 0.1) is 0 Å². The van der Waals surface area contributed by atoms with E-state index in [0.29, 0.717) is 6.42 Å². The van der Waals surface area contributed by atoms with Gasteiger partial charge in [0, 0.05) is 6.42 Å². The fourth-order valence-electron chi connectivity index (χ4n) is 9.54. The first-order chi connectivity index (χ1) is 39.2. The first-order valence-corrected chi connectivity index (χ1v) is 33.5. The fourth-order valence-corrected chi connectivity index (χ4v) is 9.54. The van der Waals surface area contributed by atoms with Crippen LogP contribution < -0.4 is 5.32 Å². The molecule has 1 amide bonds. The number of unbranched alkanes of at least 4 members (excludes halogenated alkanes) is 31. The lowest BCUT2D eigenvalue weighted by Gasteiger charge is -2.20. The minimum absolute atomic E-state index is 0.0856. The van der Waals surface area contributed by atoms with E-state index in [1.54, 1.807) is 6.08 Å². The zero-order valence-electron chi connectivity index (χ0n) is 51.8. The number of allylic oxidation sites excluding steroid dienone is 23. The summed E-state index contributed by atoms with van der Waals surface area (Å²) in [4.78, 5) is 12.5. The molecule has 3 N–H and O–H groups in total. The molecule has 0 heterocycles. The Morgan fingerprint density at radius 3 is 0.835 bits per heavy atom. The number of aliphatic hydroxyl groups excluding tert-OH is 2. The highest BCUT2D eigenvalue weighted by molar-refractivity contribution is 5.76. The normalized spacial score (nSPS) is 13.7. The molecule has 4 nitrogen and oxygen atoms in total. The standard InChI is InChI=1S/C75H127NO3/c1-3-5-7-9-11-13-15-17-19-21-23-25-27-29-31-33-34-35-36-37-38-39-40-41-42-43-45-47-49-51-53-55-57-59-61-63-65-67-69-71-75(79)76-73(72-77)74(78)70-68-66-64-62-60-58-56-54-52-50-48-46-44-32-30-28-26-24-22-20-18-16-14-12-10-8-6-4-2/h5,7,11,13,17,19,23,25,29,31,34-35,37-38,40-41,43,45,49,51,55,57,68,70,73-74,77-78H,3-4,6,8-10,12,14-16,18,20-22,24,26-28,30,32-33,36,39,42,44,46-48,50,52-54,56,58-67,69,71-72H2,1-2H3,(H,76,79)/b7-5-,13-11-,19-17-,25-23-,31-29-,35-34-,38-37-,41-40-,45-43-,51-49-,57-55-,70-68+. The maximum Gasteiger partial charge on any atom is 0.220 e. The number of carbonyl (C=O) groups excluding carboxylic acids is 1. The van der Waals surface area contributed by atoms with E-state index in [1.165, 1.54) is 173 Å². The van der Waals surface area contributed by atoms with Crippen molar-refractivity contribution >= 4 is 5.91 Å². The van der Waals surface area contributed by atoms with Gasteiger partial charge in [-0.15, -0.1) is 0 Å². The lowest BCUT2D eigenvalue weighted by atomic mass is 10.0. The highest BCUT2D eigenvalue weighted by Crippen LogP contribution is 2.17. The Kier molecular flexibility index (Phi) is 65.3. The summed E-state index contributed by atoms with van der Waals surface area (Å²) in [7, 11) is 0. The van der Waals surface area contributed by atoms with Gasteiger partial charge in [0.05, 0.1) is 18.8 Å². The Balaban J connectivity index is 3.63. The highest BCUT2D eigenvalue weighted by Gasteiger charge is 2.18. The number of carbonyl (C=O) groups is 1.